The molecule has 1 saturated carbocycles. The molecule has 1 aliphatic carbocycles. The van der Waals surface area contributed by atoms with E-state index in [1.54, 1.807) is 0 Å². The van der Waals surface area contributed by atoms with E-state index in [1.807, 2.05) is 0 Å². The van der Waals surface area contributed by atoms with Gasteiger partial charge < -0.3 is 10.6 Å². The van der Waals surface area contributed by atoms with Crippen molar-refractivity contribution in [1.29, 1.82) is 0 Å². The summed E-state index contributed by atoms with van der Waals surface area (Å²) in [5.74, 6) is -0.905. The molecule has 2 atom stereocenters. The van der Waals surface area contributed by atoms with E-state index in [2.05, 4.69) is 0 Å². The van der Waals surface area contributed by atoms with Crippen LogP contribution in [0.2, 0.25) is 0 Å². The van der Waals surface area contributed by atoms with E-state index in [1.165, 1.54) is 0 Å². The van der Waals surface area contributed by atoms with E-state index in [9.17, 15) is 18.0 Å². The van der Waals surface area contributed by atoms with Gasteiger partial charge in [0.15, 0.2) is 0 Å². The molecular weight excluding hydrogens is 185 g/mol. The lowest BCUT2D eigenvalue weighted by molar-refractivity contribution is -0.159. The number of hydrogen-bond acceptors (Lipinski definition) is 2. The minimum atomic E-state index is -4.33. The molecule has 0 radical (unpaired) electrons. The van der Waals surface area contributed by atoms with Crippen LogP contribution in [0.3, 0.4) is 0 Å². The third-order valence-corrected chi connectivity index (χ3v) is 1.95. The normalized spacial score (nSPS) is 27.2. The van der Waals surface area contributed by atoms with Crippen LogP contribution in [0.4, 0.5) is 13.2 Å². The van der Waals surface area contributed by atoms with Crippen LogP contribution in [0.25, 0.3) is 0 Å². The molecule has 76 valence electrons. The maximum Gasteiger partial charge on any atom is 0.406 e. The van der Waals surface area contributed by atoms with Crippen molar-refractivity contribution in [2.75, 3.05) is 13.6 Å². The standard InChI is InChI=1S/C7H11F3N2O/c1-12(3-7(8,9)10)6(13)4-2-5(4)11/h4-5H,2-3,11H2,1H3. The lowest BCUT2D eigenvalue weighted by Gasteiger charge is -2.18. The third kappa shape index (κ3) is 2.87. The van der Waals surface area contributed by atoms with Crippen LogP contribution in [-0.2, 0) is 4.79 Å². The van der Waals surface area contributed by atoms with Crippen LogP contribution >= 0.6 is 0 Å². The van der Waals surface area contributed by atoms with Gasteiger partial charge in [0.1, 0.15) is 6.54 Å². The van der Waals surface area contributed by atoms with E-state index >= 15 is 0 Å². The Bertz CT molecular complexity index is 216. The van der Waals surface area contributed by atoms with Gasteiger partial charge in [0.05, 0.1) is 5.92 Å². The zero-order chi connectivity index (χ0) is 10.2. The van der Waals surface area contributed by atoms with Crippen LogP contribution in [0.5, 0.6) is 0 Å². The Labute approximate surface area is 73.7 Å². The fraction of sp³-hybridized carbons (Fsp3) is 0.857. The summed E-state index contributed by atoms with van der Waals surface area (Å²) in [5.41, 5.74) is 5.34. The molecule has 0 bridgehead atoms. The lowest BCUT2D eigenvalue weighted by Crippen LogP contribution is -2.37. The summed E-state index contributed by atoms with van der Waals surface area (Å²) in [5, 5.41) is 0. The smallest absolute Gasteiger partial charge is 0.336 e. The monoisotopic (exact) mass is 196 g/mol. The van der Waals surface area contributed by atoms with Gasteiger partial charge >= 0.3 is 6.18 Å². The summed E-state index contributed by atoms with van der Waals surface area (Å²) in [6.07, 6.45) is -3.83. The second-order valence-corrected chi connectivity index (χ2v) is 3.32. The van der Waals surface area contributed by atoms with E-state index in [0.717, 1.165) is 7.05 Å². The predicted octanol–water partition coefficient (Wildman–Crippen LogP) is 0.354. The Morgan fingerprint density at radius 2 is 2.08 bits per heavy atom. The molecule has 3 nitrogen and oxygen atoms in total. The summed E-state index contributed by atoms with van der Waals surface area (Å²) >= 11 is 0. The lowest BCUT2D eigenvalue weighted by atomic mass is 10.3. The number of nitrogens with zero attached hydrogens (tertiary/aromatic N) is 1. The van der Waals surface area contributed by atoms with E-state index in [-0.39, 0.29) is 6.04 Å². The fourth-order valence-corrected chi connectivity index (χ4v) is 1.13. The number of amides is 1. The molecule has 0 aromatic carbocycles. The summed E-state index contributed by atoms with van der Waals surface area (Å²) in [7, 11) is 1.14. The molecule has 1 fully saturated rings. The average molecular weight is 196 g/mol. The summed E-state index contributed by atoms with van der Waals surface area (Å²) in [6, 6.07) is -0.247. The quantitative estimate of drug-likeness (QED) is 0.692. The third-order valence-electron chi connectivity index (χ3n) is 1.95. The summed E-state index contributed by atoms with van der Waals surface area (Å²) in [4.78, 5) is 11.8. The molecule has 0 aromatic heterocycles. The van der Waals surface area contributed by atoms with Crippen molar-refractivity contribution >= 4 is 5.91 Å². The second-order valence-electron chi connectivity index (χ2n) is 3.32. The Morgan fingerprint density at radius 1 is 1.62 bits per heavy atom. The van der Waals surface area contributed by atoms with Gasteiger partial charge in [-0.1, -0.05) is 0 Å². The molecule has 0 aromatic rings. The van der Waals surface area contributed by atoms with Crippen molar-refractivity contribution in [2.45, 2.75) is 18.6 Å². The van der Waals surface area contributed by atoms with Gasteiger partial charge in [-0.25, -0.2) is 0 Å². The Kier molecular flexibility index (Phi) is 2.51. The highest BCUT2D eigenvalue weighted by atomic mass is 19.4. The number of hydrogen-bond donors (Lipinski definition) is 1. The molecule has 2 unspecified atom stereocenters. The SMILES string of the molecule is CN(CC(F)(F)F)C(=O)C1CC1N. The highest BCUT2D eigenvalue weighted by Gasteiger charge is 2.43. The number of carbonyl (C=O) groups is 1. The van der Waals surface area contributed by atoms with Gasteiger partial charge in [-0.3, -0.25) is 4.79 Å². The summed E-state index contributed by atoms with van der Waals surface area (Å²) in [6.45, 7) is -1.20. The van der Waals surface area contributed by atoms with Crippen molar-refractivity contribution in [3.8, 4) is 0 Å². The van der Waals surface area contributed by atoms with Crippen LogP contribution in [0.15, 0.2) is 0 Å². The zero-order valence-electron chi connectivity index (χ0n) is 7.14. The van der Waals surface area contributed by atoms with Gasteiger partial charge in [0.2, 0.25) is 5.91 Å². The molecule has 1 amide bonds. The fourth-order valence-electron chi connectivity index (χ4n) is 1.13. The average Bonchev–Trinajstić information content (AvgIpc) is 2.61. The Morgan fingerprint density at radius 3 is 2.38 bits per heavy atom. The first-order valence-corrected chi connectivity index (χ1v) is 3.88. The molecule has 0 saturated heterocycles. The van der Waals surface area contributed by atoms with Crippen molar-refractivity contribution < 1.29 is 18.0 Å². The second kappa shape index (κ2) is 3.17. The van der Waals surface area contributed by atoms with Crippen molar-refractivity contribution in [3.05, 3.63) is 0 Å². The first-order valence-electron chi connectivity index (χ1n) is 3.88. The Hall–Kier alpha value is -0.780. The van der Waals surface area contributed by atoms with Crippen molar-refractivity contribution in [3.63, 3.8) is 0 Å². The molecule has 13 heavy (non-hydrogen) atoms. The molecule has 1 aliphatic rings. The minimum Gasteiger partial charge on any atom is -0.336 e. The molecule has 0 spiro atoms. The highest BCUT2D eigenvalue weighted by molar-refractivity contribution is 5.82. The molecule has 1 rings (SSSR count). The van der Waals surface area contributed by atoms with Gasteiger partial charge in [0.25, 0.3) is 0 Å². The molecule has 6 heteroatoms. The number of carbonyl (C=O) groups excluding carboxylic acids is 1. The summed E-state index contributed by atoms with van der Waals surface area (Å²) < 4.78 is 35.5. The van der Waals surface area contributed by atoms with E-state index in [4.69, 9.17) is 5.73 Å². The van der Waals surface area contributed by atoms with E-state index in [0.29, 0.717) is 11.3 Å². The van der Waals surface area contributed by atoms with Crippen molar-refractivity contribution in [2.24, 2.45) is 11.7 Å². The number of rotatable bonds is 2. The van der Waals surface area contributed by atoms with Crippen LogP contribution in [0.1, 0.15) is 6.42 Å². The van der Waals surface area contributed by atoms with E-state index < -0.39 is 24.5 Å². The van der Waals surface area contributed by atoms with Gasteiger partial charge in [-0.2, -0.15) is 13.2 Å². The van der Waals surface area contributed by atoms with Gasteiger partial charge in [-0.15, -0.1) is 0 Å². The van der Waals surface area contributed by atoms with Crippen LogP contribution in [0, 0.1) is 5.92 Å². The maximum absolute atomic E-state index is 11.8. The number of alkyl halides is 3. The highest BCUT2D eigenvalue weighted by Crippen LogP contribution is 2.30. The van der Waals surface area contributed by atoms with Crippen LogP contribution < -0.4 is 5.73 Å². The largest absolute Gasteiger partial charge is 0.406 e. The molecular formula is C7H11F3N2O. The predicted molar refractivity (Wildman–Crippen MR) is 39.8 cm³/mol. The molecule has 0 aliphatic heterocycles. The first kappa shape index (κ1) is 10.3. The topological polar surface area (TPSA) is 46.3 Å². The Balaban J connectivity index is 2.39. The van der Waals surface area contributed by atoms with Gasteiger partial charge in [-0.05, 0) is 6.42 Å². The van der Waals surface area contributed by atoms with Crippen LogP contribution in [-0.4, -0.2) is 36.6 Å². The first-order chi connectivity index (χ1) is 5.81. The van der Waals surface area contributed by atoms with Crippen molar-refractivity contribution in [1.82, 2.24) is 4.90 Å². The zero-order valence-corrected chi connectivity index (χ0v) is 7.14. The number of halogens is 3. The van der Waals surface area contributed by atoms with Gasteiger partial charge in [0, 0.05) is 13.1 Å². The molecule has 2 N–H and O–H groups in total. The number of nitrogens with two attached hydrogens (primary N) is 1. The maximum atomic E-state index is 11.8. The minimum absolute atomic E-state index is 0.247. The molecule has 0 heterocycles.